The van der Waals surface area contributed by atoms with Crippen molar-refractivity contribution in [1.29, 1.82) is 0 Å². The van der Waals surface area contributed by atoms with E-state index in [0.29, 0.717) is 0 Å². The molecule has 0 spiro atoms. The van der Waals surface area contributed by atoms with Gasteiger partial charge in [-0.3, -0.25) is 0 Å². The molecule has 0 radical (unpaired) electrons. The van der Waals surface area contributed by atoms with Crippen LogP contribution in [0, 0.1) is 6.92 Å². The molecule has 1 aromatic heterocycles. The highest BCUT2D eigenvalue weighted by Crippen LogP contribution is 2.19. The SMILES string of the molecule is CNS(=O)(=O)c1cc(CO)oc1C. The summed E-state index contributed by atoms with van der Waals surface area (Å²) in [6, 6.07) is 1.31. The Morgan fingerprint density at radius 3 is 2.62 bits per heavy atom. The average molecular weight is 205 g/mol. The molecule has 0 atom stereocenters. The summed E-state index contributed by atoms with van der Waals surface area (Å²) >= 11 is 0. The van der Waals surface area contributed by atoms with Crippen molar-refractivity contribution >= 4 is 10.0 Å². The van der Waals surface area contributed by atoms with Gasteiger partial charge >= 0.3 is 0 Å². The molecule has 0 aliphatic rings. The Kier molecular flexibility index (Phi) is 2.74. The monoisotopic (exact) mass is 205 g/mol. The summed E-state index contributed by atoms with van der Waals surface area (Å²) < 4.78 is 29.7. The molecule has 1 rings (SSSR count). The number of hydrogen-bond donors (Lipinski definition) is 2. The topological polar surface area (TPSA) is 79.5 Å². The van der Waals surface area contributed by atoms with Gasteiger partial charge in [-0.2, -0.15) is 0 Å². The highest BCUT2D eigenvalue weighted by atomic mass is 32.2. The van der Waals surface area contributed by atoms with Crippen LogP contribution in [0.4, 0.5) is 0 Å². The van der Waals surface area contributed by atoms with Gasteiger partial charge in [-0.15, -0.1) is 0 Å². The average Bonchev–Trinajstić information content (AvgIpc) is 2.47. The van der Waals surface area contributed by atoms with Crippen LogP contribution in [0.2, 0.25) is 0 Å². The molecule has 2 N–H and O–H groups in total. The lowest BCUT2D eigenvalue weighted by molar-refractivity contribution is 0.244. The van der Waals surface area contributed by atoms with Gasteiger partial charge in [0, 0.05) is 6.07 Å². The molecule has 5 nitrogen and oxygen atoms in total. The lowest BCUT2D eigenvalue weighted by Gasteiger charge is -1.97. The summed E-state index contributed by atoms with van der Waals surface area (Å²) in [5.74, 6) is 0.518. The second kappa shape index (κ2) is 3.49. The van der Waals surface area contributed by atoms with Crippen LogP contribution < -0.4 is 4.72 Å². The third kappa shape index (κ3) is 1.90. The quantitative estimate of drug-likeness (QED) is 0.727. The third-order valence-electron chi connectivity index (χ3n) is 1.64. The van der Waals surface area contributed by atoms with Gasteiger partial charge in [0.2, 0.25) is 10.0 Å². The number of aliphatic hydroxyl groups is 1. The number of aliphatic hydroxyl groups excluding tert-OH is 1. The van der Waals surface area contributed by atoms with Gasteiger partial charge in [0.1, 0.15) is 23.0 Å². The number of furan rings is 1. The van der Waals surface area contributed by atoms with Crippen molar-refractivity contribution in [2.75, 3.05) is 7.05 Å². The second-order valence-corrected chi connectivity index (χ2v) is 4.35. The highest BCUT2D eigenvalue weighted by molar-refractivity contribution is 7.89. The molecule has 0 fully saturated rings. The number of nitrogens with one attached hydrogen (secondary N) is 1. The van der Waals surface area contributed by atoms with Crippen LogP contribution in [0.15, 0.2) is 15.4 Å². The van der Waals surface area contributed by atoms with Crippen LogP contribution in [0.1, 0.15) is 11.5 Å². The van der Waals surface area contributed by atoms with Gasteiger partial charge < -0.3 is 9.52 Å². The molecule has 6 heteroatoms. The summed E-state index contributed by atoms with van der Waals surface area (Å²) in [5, 5.41) is 8.70. The Balaban J connectivity index is 3.23. The van der Waals surface area contributed by atoms with Crippen molar-refractivity contribution in [3.8, 4) is 0 Å². The molecule has 1 aromatic rings. The summed E-state index contributed by atoms with van der Waals surface area (Å²) in [5.41, 5.74) is 0. The van der Waals surface area contributed by atoms with Gasteiger partial charge in [-0.05, 0) is 14.0 Å². The molecule has 0 aromatic carbocycles. The van der Waals surface area contributed by atoms with Crippen LogP contribution in [0.3, 0.4) is 0 Å². The molecular formula is C7H11NO4S. The molecule has 0 bridgehead atoms. The minimum Gasteiger partial charge on any atom is -0.462 e. The summed E-state index contributed by atoms with van der Waals surface area (Å²) in [4.78, 5) is 0.0686. The molecule has 74 valence electrons. The van der Waals surface area contributed by atoms with Crippen molar-refractivity contribution in [1.82, 2.24) is 4.72 Å². The second-order valence-electron chi connectivity index (χ2n) is 2.50. The molecule has 0 aliphatic carbocycles. The first kappa shape index (κ1) is 10.2. The van der Waals surface area contributed by atoms with Crippen LogP contribution in [-0.2, 0) is 16.6 Å². The van der Waals surface area contributed by atoms with Gasteiger partial charge in [-0.25, -0.2) is 13.1 Å². The van der Waals surface area contributed by atoms with Gasteiger partial charge in [-0.1, -0.05) is 0 Å². The smallest absolute Gasteiger partial charge is 0.243 e. The van der Waals surface area contributed by atoms with Gasteiger partial charge in [0.05, 0.1) is 0 Å². The van der Waals surface area contributed by atoms with Gasteiger partial charge in [0.15, 0.2) is 0 Å². The van der Waals surface area contributed by atoms with E-state index in [1.807, 2.05) is 0 Å². The highest BCUT2D eigenvalue weighted by Gasteiger charge is 2.18. The zero-order valence-corrected chi connectivity index (χ0v) is 8.18. The fourth-order valence-electron chi connectivity index (χ4n) is 0.979. The number of aryl methyl sites for hydroxylation is 1. The van der Waals surface area contributed by atoms with Crippen molar-refractivity contribution in [3.05, 3.63) is 17.6 Å². The Bertz CT molecular complexity index is 393. The molecule has 0 aliphatic heterocycles. The van der Waals surface area contributed by atoms with E-state index in [2.05, 4.69) is 4.72 Å². The largest absolute Gasteiger partial charge is 0.462 e. The molecule has 1 heterocycles. The first-order chi connectivity index (χ1) is 6.01. The first-order valence-electron chi connectivity index (χ1n) is 3.65. The third-order valence-corrected chi connectivity index (χ3v) is 3.16. The van der Waals surface area contributed by atoms with Crippen molar-refractivity contribution in [3.63, 3.8) is 0 Å². The number of rotatable bonds is 3. The molecular weight excluding hydrogens is 194 g/mol. The minimum absolute atomic E-state index is 0.0686. The van der Waals surface area contributed by atoms with E-state index < -0.39 is 10.0 Å². The Morgan fingerprint density at radius 1 is 1.62 bits per heavy atom. The molecule has 0 unspecified atom stereocenters. The predicted molar refractivity (Wildman–Crippen MR) is 45.6 cm³/mol. The van der Waals surface area contributed by atoms with Crippen molar-refractivity contribution in [2.45, 2.75) is 18.4 Å². The molecule has 0 amide bonds. The van der Waals surface area contributed by atoms with E-state index in [0.717, 1.165) is 0 Å². The van der Waals surface area contributed by atoms with E-state index in [9.17, 15) is 8.42 Å². The maximum absolute atomic E-state index is 11.3. The van der Waals surface area contributed by atoms with E-state index in [1.165, 1.54) is 20.0 Å². The van der Waals surface area contributed by atoms with Gasteiger partial charge in [0.25, 0.3) is 0 Å². The standard InChI is InChI=1S/C7H11NO4S/c1-5-7(13(10,11)8-2)3-6(4-9)12-5/h3,8-9H,4H2,1-2H3. The normalized spacial score (nSPS) is 11.9. The Hall–Kier alpha value is -0.850. The van der Waals surface area contributed by atoms with E-state index in [4.69, 9.17) is 9.52 Å². The van der Waals surface area contributed by atoms with E-state index in [1.54, 1.807) is 0 Å². The summed E-state index contributed by atoms with van der Waals surface area (Å²) in [6.07, 6.45) is 0. The number of sulfonamides is 1. The van der Waals surface area contributed by atoms with Crippen LogP contribution in [0.25, 0.3) is 0 Å². The minimum atomic E-state index is -3.47. The fraction of sp³-hybridized carbons (Fsp3) is 0.429. The molecule has 0 saturated carbocycles. The Labute approximate surface area is 76.4 Å². The lowest BCUT2D eigenvalue weighted by atomic mass is 10.4. The van der Waals surface area contributed by atoms with Crippen molar-refractivity contribution < 1.29 is 17.9 Å². The van der Waals surface area contributed by atoms with E-state index in [-0.39, 0.29) is 23.0 Å². The maximum atomic E-state index is 11.3. The van der Waals surface area contributed by atoms with Crippen LogP contribution in [-0.4, -0.2) is 20.6 Å². The summed E-state index contributed by atoms with van der Waals surface area (Å²) in [7, 11) is -2.15. The zero-order valence-electron chi connectivity index (χ0n) is 7.36. The molecule has 13 heavy (non-hydrogen) atoms. The van der Waals surface area contributed by atoms with E-state index >= 15 is 0 Å². The van der Waals surface area contributed by atoms with Crippen LogP contribution in [0.5, 0.6) is 0 Å². The molecule has 0 saturated heterocycles. The Morgan fingerprint density at radius 2 is 2.23 bits per heavy atom. The summed E-state index contributed by atoms with van der Waals surface area (Å²) in [6.45, 7) is 1.23. The lowest BCUT2D eigenvalue weighted by Crippen LogP contribution is -2.18. The number of hydrogen-bond acceptors (Lipinski definition) is 4. The van der Waals surface area contributed by atoms with Crippen molar-refractivity contribution in [2.24, 2.45) is 0 Å². The predicted octanol–water partition coefficient (Wildman–Crippen LogP) is -0.0116. The first-order valence-corrected chi connectivity index (χ1v) is 5.13. The van der Waals surface area contributed by atoms with Crippen LogP contribution >= 0.6 is 0 Å². The fourth-order valence-corrected chi connectivity index (χ4v) is 1.91. The zero-order chi connectivity index (χ0) is 10.1. The maximum Gasteiger partial charge on any atom is 0.243 e.